The molecular formula is C12H8F3N. The number of hydrogen-bond acceptors (Lipinski definition) is 1. The van der Waals surface area contributed by atoms with Gasteiger partial charge < -0.3 is 0 Å². The number of pyridine rings is 1. The highest BCUT2D eigenvalue weighted by Gasteiger charge is 2.12. The summed E-state index contributed by atoms with van der Waals surface area (Å²) in [5.41, 5.74) is 0.931. The average molecular weight is 223 g/mol. The molecule has 0 atom stereocenters. The largest absolute Gasteiger partial charge is 0.253 e. The van der Waals surface area contributed by atoms with E-state index in [2.05, 4.69) is 4.98 Å². The molecule has 0 radical (unpaired) electrons. The molecule has 1 aromatic heterocycles. The van der Waals surface area contributed by atoms with Crippen LogP contribution in [0.4, 0.5) is 13.2 Å². The molecule has 0 N–H and O–H groups in total. The van der Waals surface area contributed by atoms with Gasteiger partial charge in [0, 0.05) is 17.3 Å². The lowest BCUT2D eigenvalue weighted by atomic mass is 10.1. The highest BCUT2D eigenvalue weighted by atomic mass is 19.2. The normalized spacial score (nSPS) is 10.5. The predicted octanol–water partition coefficient (Wildman–Crippen LogP) is 3.47. The summed E-state index contributed by atoms with van der Waals surface area (Å²) in [6, 6.07) is 6.30. The maximum absolute atomic E-state index is 13.4. The molecule has 2 aromatic rings. The Balaban J connectivity index is 2.60. The van der Waals surface area contributed by atoms with E-state index in [4.69, 9.17) is 0 Å². The van der Waals surface area contributed by atoms with Gasteiger partial charge in [0.25, 0.3) is 0 Å². The highest BCUT2D eigenvalue weighted by Crippen LogP contribution is 2.23. The summed E-state index contributed by atoms with van der Waals surface area (Å²) >= 11 is 0. The van der Waals surface area contributed by atoms with Crippen LogP contribution in [0, 0.1) is 24.4 Å². The Kier molecular flexibility index (Phi) is 2.64. The fraction of sp³-hybridized carbons (Fsp3) is 0.0833. The number of halogens is 3. The van der Waals surface area contributed by atoms with Crippen molar-refractivity contribution in [2.45, 2.75) is 6.92 Å². The Morgan fingerprint density at radius 3 is 2.31 bits per heavy atom. The predicted molar refractivity (Wildman–Crippen MR) is 54.3 cm³/mol. The van der Waals surface area contributed by atoms with Gasteiger partial charge in [-0.1, -0.05) is 6.07 Å². The highest BCUT2D eigenvalue weighted by molar-refractivity contribution is 5.60. The molecule has 2 rings (SSSR count). The van der Waals surface area contributed by atoms with E-state index in [0.29, 0.717) is 11.8 Å². The van der Waals surface area contributed by atoms with Crippen molar-refractivity contribution in [1.29, 1.82) is 0 Å². The van der Waals surface area contributed by atoms with Crippen LogP contribution >= 0.6 is 0 Å². The molecule has 4 heteroatoms. The minimum absolute atomic E-state index is 0.0393. The van der Waals surface area contributed by atoms with E-state index in [0.717, 1.165) is 6.07 Å². The van der Waals surface area contributed by atoms with Crippen LogP contribution in [0.3, 0.4) is 0 Å². The van der Waals surface area contributed by atoms with Gasteiger partial charge in [-0.25, -0.2) is 13.2 Å². The van der Waals surface area contributed by atoms with Crippen molar-refractivity contribution in [3.63, 3.8) is 0 Å². The first kappa shape index (κ1) is 10.7. The Labute approximate surface area is 90.6 Å². The maximum atomic E-state index is 13.4. The molecule has 0 aliphatic rings. The van der Waals surface area contributed by atoms with Gasteiger partial charge in [-0.05, 0) is 25.1 Å². The third-order valence-corrected chi connectivity index (χ3v) is 2.17. The zero-order valence-electron chi connectivity index (χ0n) is 8.47. The van der Waals surface area contributed by atoms with Crippen LogP contribution < -0.4 is 0 Å². The van der Waals surface area contributed by atoms with E-state index in [1.54, 1.807) is 25.1 Å². The first-order chi connectivity index (χ1) is 7.58. The zero-order chi connectivity index (χ0) is 11.7. The molecule has 0 fully saturated rings. The lowest BCUT2D eigenvalue weighted by molar-refractivity contribution is 0.496. The summed E-state index contributed by atoms with van der Waals surface area (Å²) in [5, 5.41) is 0. The number of benzene rings is 1. The second-order valence-electron chi connectivity index (χ2n) is 3.41. The molecule has 1 aromatic carbocycles. The first-order valence-corrected chi connectivity index (χ1v) is 4.66. The summed E-state index contributed by atoms with van der Waals surface area (Å²) < 4.78 is 39.1. The molecule has 0 aliphatic carbocycles. The van der Waals surface area contributed by atoms with Crippen LogP contribution in [0.15, 0.2) is 30.3 Å². The van der Waals surface area contributed by atoms with E-state index in [9.17, 15) is 13.2 Å². The van der Waals surface area contributed by atoms with E-state index in [1.165, 1.54) is 0 Å². The Hall–Kier alpha value is -1.84. The number of nitrogens with zero attached hydrogens (tertiary/aromatic N) is 1. The molecule has 0 unspecified atom stereocenters. The van der Waals surface area contributed by atoms with Gasteiger partial charge in [-0.3, -0.25) is 4.98 Å². The van der Waals surface area contributed by atoms with E-state index in [-0.39, 0.29) is 11.3 Å². The van der Waals surface area contributed by atoms with Crippen molar-refractivity contribution in [2.24, 2.45) is 0 Å². The molecule has 0 bridgehead atoms. The van der Waals surface area contributed by atoms with Gasteiger partial charge in [0.05, 0.1) is 5.69 Å². The molecule has 0 aliphatic heterocycles. The van der Waals surface area contributed by atoms with E-state index >= 15 is 0 Å². The van der Waals surface area contributed by atoms with Crippen LogP contribution in [-0.4, -0.2) is 4.98 Å². The van der Waals surface area contributed by atoms with Crippen molar-refractivity contribution in [3.05, 3.63) is 53.5 Å². The van der Waals surface area contributed by atoms with Gasteiger partial charge in [0.1, 0.15) is 5.82 Å². The number of hydrogen-bond donors (Lipinski definition) is 0. The van der Waals surface area contributed by atoms with Crippen LogP contribution in [-0.2, 0) is 0 Å². The molecule has 16 heavy (non-hydrogen) atoms. The molecule has 1 nitrogen and oxygen atoms in total. The van der Waals surface area contributed by atoms with Gasteiger partial charge in [0.15, 0.2) is 11.6 Å². The van der Waals surface area contributed by atoms with Crippen molar-refractivity contribution in [1.82, 2.24) is 4.98 Å². The SMILES string of the molecule is Cc1cccc(-c2cc(F)c(F)cc2F)n1. The number of rotatable bonds is 1. The Morgan fingerprint density at radius 2 is 1.62 bits per heavy atom. The lowest BCUT2D eigenvalue weighted by Gasteiger charge is -2.04. The monoisotopic (exact) mass is 223 g/mol. The Morgan fingerprint density at radius 1 is 0.938 bits per heavy atom. The molecule has 0 amide bonds. The van der Waals surface area contributed by atoms with Gasteiger partial charge in [0.2, 0.25) is 0 Å². The zero-order valence-corrected chi connectivity index (χ0v) is 8.47. The summed E-state index contributed by atoms with van der Waals surface area (Å²) in [7, 11) is 0. The van der Waals surface area contributed by atoms with E-state index < -0.39 is 17.5 Å². The van der Waals surface area contributed by atoms with Crippen LogP contribution in [0.1, 0.15) is 5.69 Å². The topological polar surface area (TPSA) is 12.9 Å². The second-order valence-corrected chi connectivity index (χ2v) is 3.41. The van der Waals surface area contributed by atoms with Gasteiger partial charge >= 0.3 is 0 Å². The lowest BCUT2D eigenvalue weighted by Crippen LogP contribution is -1.94. The summed E-state index contributed by atoms with van der Waals surface area (Å²) in [5.74, 6) is -3.11. The molecule has 82 valence electrons. The standard InChI is InChI=1S/C12H8F3N/c1-7-3-2-4-12(16-7)8-5-10(14)11(15)6-9(8)13/h2-6H,1H3. The smallest absolute Gasteiger partial charge is 0.161 e. The van der Waals surface area contributed by atoms with Crippen LogP contribution in [0.2, 0.25) is 0 Å². The van der Waals surface area contributed by atoms with Gasteiger partial charge in [-0.15, -0.1) is 0 Å². The molecule has 0 saturated carbocycles. The summed E-state index contributed by atoms with van der Waals surface area (Å²) in [4.78, 5) is 4.05. The van der Waals surface area contributed by atoms with Crippen molar-refractivity contribution >= 4 is 0 Å². The van der Waals surface area contributed by atoms with E-state index in [1.807, 2.05) is 0 Å². The molecule has 0 saturated heterocycles. The quantitative estimate of drug-likeness (QED) is 0.674. The maximum Gasteiger partial charge on any atom is 0.161 e. The molecular weight excluding hydrogens is 215 g/mol. The van der Waals surface area contributed by atoms with Crippen molar-refractivity contribution in [3.8, 4) is 11.3 Å². The van der Waals surface area contributed by atoms with Crippen molar-refractivity contribution in [2.75, 3.05) is 0 Å². The number of aromatic nitrogens is 1. The third kappa shape index (κ3) is 1.91. The third-order valence-electron chi connectivity index (χ3n) is 2.17. The Bertz CT molecular complexity index is 538. The van der Waals surface area contributed by atoms with Crippen LogP contribution in [0.5, 0.6) is 0 Å². The minimum atomic E-state index is -1.20. The van der Waals surface area contributed by atoms with Crippen LogP contribution in [0.25, 0.3) is 11.3 Å². The minimum Gasteiger partial charge on any atom is -0.253 e. The molecule has 0 spiro atoms. The average Bonchev–Trinajstić information content (AvgIpc) is 2.23. The van der Waals surface area contributed by atoms with Crippen molar-refractivity contribution < 1.29 is 13.2 Å². The fourth-order valence-electron chi connectivity index (χ4n) is 1.41. The molecule has 1 heterocycles. The number of aryl methyl sites for hydroxylation is 1. The summed E-state index contributed by atoms with van der Waals surface area (Å²) in [6.07, 6.45) is 0. The van der Waals surface area contributed by atoms with Gasteiger partial charge in [-0.2, -0.15) is 0 Å². The summed E-state index contributed by atoms with van der Waals surface area (Å²) in [6.45, 7) is 1.74. The first-order valence-electron chi connectivity index (χ1n) is 4.66. The second kappa shape index (κ2) is 3.96. The fourth-order valence-corrected chi connectivity index (χ4v) is 1.41.